The van der Waals surface area contributed by atoms with E-state index in [2.05, 4.69) is 9.97 Å². The smallest absolute Gasteiger partial charge is 0.274 e. The second-order valence-electron chi connectivity index (χ2n) is 3.13. The fraction of sp³-hybridized carbons (Fsp3) is 0.100. The third-order valence-electron chi connectivity index (χ3n) is 2.03. The number of aryl methyl sites for hydroxylation is 1. The van der Waals surface area contributed by atoms with E-state index in [4.69, 9.17) is 0 Å². The summed E-state index contributed by atoms with van der Waals surface area (Å²) in [7, 11) is 0. The molecule has 2 aromatic rings. The molecular formula is C10H9N3O2. The Morgan fingerprint density at radius 2 is 2.20 bits per heavy atom. The summed E-state index contributed by atoms with van der Waals surface area (Å²) in [5, 5.41) is 0. The highest BCUT2D eigenvalue weighted by Crippen LogP contribution is 2.03. The normalized spacial score (nSPS) is 10.2. The van der Waals surface area contributed by atoms with Crippen molar-refractivity contribution in [3.05, 3.63) is 57.1 Å². The monoisotopic (exact) mass is 203 g/mol. The van der Waals surface area contributed by atoms with Gasteiger partial charge in [-0.3, -0.25) is 19.3 Å². The molecule has 0 bridgehead atoms. The molecule has 0 aliphatic heterocycles. The summed E-state index contributed by atoms with van der Waals surface area (Å²) < 4.78 is 1.40. The van der Waals surface area contributed by atoms with Crippen LogP contribution in [-0.4, -0.2) is 14.5 Å². The highest BCUT2D eigenvalue weighted by molar-refractivity contribution is 5.29. The second-order valence-corrected chi connectivity index (χ2v) is 3.13. The SMILES string of the molecule is Cc1cc(=O)[nH]c(=O)n1-c1cccnc1. The quantitative estimate of drug-likeness (QED) is 0.721. The van der Waals surface area contributed by atoms with Crippen LogP contribution in [0, 0.1) is 6.92 Å². The number of hydrogen-bond acceptors (Lipinski definition) is 3. The molecule has 15 heavy (non-hydrogen) atoms. The molecule has 5 heteroatoms. The van der Waals surface area contributed by atoms with Crippen LogP contribution in [0.15, 0.2) is 40.2 Å². The lowest BCUT2D eigenvalue weighted by molar-refractivity contribution is 0.852. The van der Waals surface area contributed by atoms with Crippen LogP contribution in [-0.2, 0) is 0 Å². The van der Waals surface area contributed by atoms with Gasteiger partial charge in [0.1, 0.15) is 0 Å². The molecule has 2 aromatic heterocycles. The van der Waals surface area contributed by atoms with E-state index in [1.165, 1.54) is 10.6 Å². The molecule has 1 N–H and O–H groups in total. The number of aromatic nitrogens is 3. The molecule has 0 aliphatic rings. The van der Waals surface area contributed by atoms with Gasteiger partial charge in [0.05, 0.1) is 11.9 Å². The largest absolute Gasteiger partial charge is 0.333 e. The zero-order valence-electron chi connectivity index (χ0n) is 8.10. The summed E-state index contributed by atoms with van der Waals surface area (Å²) in [5.74, 6) is 0. The van der Waals surface area contributed by atoms with Crippen LogP contribution >= 0.6 is 0 Å². The minimum atomic E-state index is -0.451. The third kappa shape index (κ3) is 1.71. The first-order valence-corrected chi connectivity index (χ1v) is 4.42. The minimum absolute atomic E-state index is 0.391. The molecule has 5 nitrogen and oxygen atoms in total. The Morgan fingerprint density at radius 1 is 1.40 bits per heavy atom. The fourth-order valence-electron chi connectivity index (χ4n) is 1.42. The standard InChI is InChI=1S/C10H9N3O2/c1-7-5-9(14)12-10(15)13(7)8-3-2-4-11-6-8/h2-6H,1H3,(H,12,14,15). The molecule has 0 aromatic carbocycles. The van der Waals surface area contributed by atoms with Gasteiger partial charge in [-0.25, -0.2) is 4.79 Å². The van der Waals surface area contributed by atoms with Crippen LogP contribution in [0.1, 0.15) is 5.69 Å². The molecule has 0 saturated heterocycles. The van der Waals surface area contributed by atoms with Gasteiger partial charge < -0.3 is 0 Å². The lowest BCUT2D eigenvalue weighted by Gasteiger charge is -2.06. The number of H-pyrrole nitrogens is 1. The highest BCUT2D eigenvalue weighted by atomic mass is 16.2. The lowest BCUT2D eigenvalue weighted by atomic mass is 10.3. The molecule has 0 unspecified atom stereocenters. The average molecular weight is 203 g/mol. The second kappa shape index (κ2) is 3.53. The summed E-state index contributed by atoms with van der Waals surface area (Å²) in [6.45, 7) is 1.70. The average Bonchev–Trinajstić information content (AvgIpc) is 2.17. The zero-order chi connectivity index (χ0) is 10.8. The van der Waals surface area contributed by atoms with Crippen LogP contribution in [0.4, 0.5) is 0 Å². The third-order valence-corrected chi connectivity index (χ3v) is 2.03. The van der Waals surface area contributed by atoms with Gasteiger partial charge in [-0.05, 0) is 19.1 Å². The van der Waals surface area contributed by atoms with Crippen molar-refractivity contribution in [3.8, 4) is 5.69 Å². The van der Waals surface area contributed by atoms with Crippen molar-refractivity contribution in [1.82, 2.24) is 14.5 Å². The topological polar surface area (TPSA) is 67.8 Å². The maximum Gasteiger partial charge on any atom is 0.333 e. The van der Waals surface area contributed by atoms with Crippen LogP contribution in [0.25, 0.3) is 5.69 Å². The first-order valence-electron chi connectivity index (χ1n) is 4.42. The van der Waals surface area contributed by atoms with Gasteiger partial charge >= 0.3 is 5.69 Å². The highest BCUT2D eigenvalue weighted by Gasteiger charge is 2.03. The van der Waals surface area contributed by atoms with Crippen molar-refractivity contribution in [3.63, 3.8) is 0 Å². The predicted molar refractivity (Wildman–Crippen MR) is 55.2 cm³/mol. The van der Waals surface area contributed by atoms with Gasteiger partial charge in [0.2, 0.25) is 0 Å². The number of pyridine rings is 1. The maximum absolute atomic E-state index is 11.5. The van der Waals surface area contributed by atoms with E-state index in [9.17, 15) is 9.59 Å². The molecule has 0 amide bonds. The van der Waals surface area contributed by atoms with Gasteiger partial charge in [0.15, 0.2) is 0 Å². The Bertz CT molecular complexity index is 584. The molecule has 0 aliphatic carbocycles. The van der Waals surface area contributed by atoms with Gasteiger partial charge in [-0.1, -0.05) is 0 Å². The van der Waals surface area contributed by atoms with E-state index in [-0.39, 0.29) is 0 Å². The summed E-state index contributed by atoms with van der Waals surface area (Å²) in [4.78, 5) is 28.7. The predicted octanol–water partition coefficient (Wildman–Crippen LogP) is 0.229. The van der Waals surface area contributed by atoms with Gasteiger partial charge in [-0.15, -0.1) is 0 Å². The van der Waals surface area contributed by atoms with Crippen LogP contribution in [0.2, 0.25) is 0 Å². The molecule has 0 radical (unpaired) electrons. The van der Waals surface area contributed by atoms with Crippen molar-refractivity contribution in [1.29, 1.82) is 0 Å². The van der Waals surface area contributed by atoms with Crippen molar-refractivity contribution in [2.75, 3.05) is 0 Å². The molecular weight excluding hydrogens is 194 g/mol. The maximum atomic E-state index is 11.5. The van der Waals surface area contributed by atoms with Crippen molar-refractivity contribution in [2.24, 2.45) is 0 Å². The number of aromatic amines is 1. The molecule has 0 saturated carbocycles. The van der Waals surface area contributed by atoms with E-state index < -0.39 is 11.2 Å². The Hall–Kier alpha value is -2.17. The first-order chi connectivity index (χ1) is 7.18. The Labute approximate surface area is 85.0 Å². The minimum Gasteiger partial charge on any atom is -0.274 e. The molecule has 2 rings (SSSR count). The van der Waals surface area contributed by atoms with Crippen LogP contribution in [0.3, 0.4) is 0 Å². The van der Waals surface area contributed by atoms with Gasteiger partial charge in [-0.2, -0.15) is 0 Å². The van der Waals surface area contributed by atoms with E-state index in [1.54, 1.807) is 31.5 Å². The van der Waals surface area contributed by atoms with E-state index in [1.807, 2.05) is 0 Å². The molecule has 76 valence electrons. The zero-order valence-corrected chi connectivity index (χ0v) is 8.10. The van der Waals surface area contributed by atoms with Crippen LogP contribution < -0.4 is 11.2 Å². The summed E-state index contributed by atoms with van der Waals surface area (Å²) in [6, 6.07) is 4.85. The summed E-state index contributed by atoms with van der Waals surface area (Å²) in [6.07, 6.45) is 3.18. The summed E-state index contributed by atoms with van der Waals surface area (Å²) >= 11 is 0. The first kappa shape index (κ1) is 9.39. The number of rotatable bonds is 1. The van der Waals surface area contributed by atoms with E-state index >= 15 is 0 Å². The van der Waals surface area contributed by atoms with E-state index in [0.29, 0.717) is 11.4 Å². The number of nitrogens with one attached hydrogen (secondary N) is 1. The Kier molecular flexibility index (Phi) is 2.21. The van der Waals surface area contributed by atoms with Crippen LogP contribution in [0.5, 0.6) is 0 Å². The summed E-state index contributed by atoms with van der Waals surface area (Å²) in [5.41, 5.74) is 0.374. The molecule has 0 fully saturated rings. The number of hydrogen-bond donors (Lipinski definition) is 1. The number of nitrogens with zero attached hydrogens (tertiary/aromatic N) is 2. The van der Waals surface area contributed by atoms with Crippen molar-refractivity contribution >= 4 is 0 Å². The Morgan fingerprint density at radius 3 is 2.80 bits per heavy atom. The molecule has 2 heterocycles. The van der Waals surface area contributed by atoms with Gasteiger partial charge in [0, 0.05) is 18.0 Å². The van der Waals surface area contributed by atoms with E-state index in [0.717, 1.165) is 0 Å². The van der Waals surface area contributed by atoms with Crippen molar-refractivity contribution in [2.45, 2.75) is 6.92 Å². The lowest BCUT2D eigenvalue weighted by Crippen LogP contribution is -2.29. The van der Waals surface area contributed by atoms with Crippen molar-refractivity contribution < 1.29 is 0 Å². The fourth-order valence-corrected chi connectivity index (χ4v) is 1.42. The molecule has 0 atom stereocenters. The Balaban J connectivity index is 2.75. The van der Waals surface area contributed by atoms with Gasteiger partial charge in [0.25, 0.3) is 5.56 Å². The molecule has 0 spiro atoms.